The third-order valence-electron chi connectivity index (χ3n) is 8.25. The molecule has 0 amide bonds. The number of ether oxygens (including phenoxy) is 1. The average molecular weight is 597 g/mol. The molecule has 2 aromatic carbocycles. The van der Waals surface area contributed by atoms with Crippen molar-refractivity contribution < 1.29 is 9.53 Å². The lowest BCUT2D eigenvalue weighted by Gasteiger charge is -2.39. The van der Waals surface area contributed by atoms with E-state index >= 15 is 0 Å². The van der Waals surface area contributed by atoms with Gasteiger partial charge < -0.3 is 19.9 Å². The van der Waals surface area contributed by atoms with Gasteiger partial charge in [-0.15, -0.1) is 0 Å². The largest absolute Gasteiger partial charge is 0.463 e. The summed E-state index contributed by atoms with van der Waals surface area (Å²) in [5, 5.41) is 3.47. The minimum absolute atomic E-state index is 0.278. The molecule has 0 aliphatic carbocycles. The van der Waals surface area contributed by atoms with Crippen molar-refractivity contribution in [3.63, 3.8) is 0 Å². The highest BCUT2D eigenvalue weighted by molar-refractivity contribution is 5.95. The molecule has 0 radical (unpaired) electrons. The zero-order valence-electron chi connectivity index (χ0n) is 26.3. The molecule has 1 atom stereocenters. The van der Waals surface area contributed by atoms with E-state index in [-0.39, 0.29) is 18.3 Å². The Morgan fingerprint density at radius 1 is 1.05 bits per heavy atom. The highest BCUT2D eigenvalue weighted by Gasteiger charge is 2.39. The molecule has 44 heavy (non-hydrogen) atoms. The molecule has 0 bridgehead atoms. The van der Waals surface area contributed by atoms with Gasteiger partial charge in [-0.2, -0.15) is 4.98 Å². The Bertz CT molecular complexity index is 1540. The first-order valence-electron chi connectivity index (χ1n) is 15.6. The number of esters is 1. The first kappa shape index (κ1) is 31.2. The Morgan fingerprint density at radius 2 is 1.73 bits per heavy atom. The number of piperazine rings is 1. The normalized spacial score (nSPS) is 17.2. The van der Waals surface area contributed by atoms with E-state index < -0.39 is 5.92 Å². The van der Waals surface area contributed by atoms with Crippen molar-refractivity contribution >= 4 is 23.7 Å². The Hall–Kier alpha value is -4.21. The summed E-state index contributed by atoms with van der Waals surface area (Å²) in [6.07, 6.45) is 5.15. The smallest absolute Gasteiger partial charge is 0.351 e. The highest BCUT2D eigenvalue weighted by atomic mass is 16.5. The quantitative estimate of drug-likeness (QED) is 0.326. The molecule has 1 fully saturated rings. The van der Waals surface area contributed by atoms with Gasteiger partial charge in [-0.05, 0) is 52.0 Å². The zero-order valence-corrected chi connectivity index (χ0v) is 26.3. The number of nitrogens with zero attached hydrogens (tertiary/aromatic N) is 5. The van der Waals surface area contributed by atoms with Gasteiger partial charge in [0.05, 0.1) is 18.1 Å². The highest BCUT2D eigenvalue weighted by Crippen LogP contribution is 2.45. The average Bonchev–Trinajstić information content (AvgIpc) is 3.02. The van der Waals surface area contributed by atoms with Crippen molar-refractivity contribution in [1.82, 2.24) is 19.4 Å². The van der Waals surface area contributed by atoms with Crippen molar-refractivity contribution in [3.8, 4) is 0 Å². The van der Waals surface area contributed by atoms with Crippen LogP contribution in [0, 0.1) is 0 Å². The summed E-state index contributed by atoms with van der Waals surface area (Å²) in [5.41, 5.74) is 3.97. The molecule has 9 nitrogen and oxygen atoms in total. The fourth-order valence-electron chi connectivity index (χ4n) is 6.06. The number of rotatable bonds is 11. The van der Waals surface area contributed by atoms with Crippen LogP contribution in [0.25, 0.3) is 6.08 Å². The van der Waals surface area contributed by atoms with Crippen LogP contribution in [0.3, 0.4) is 0 Å². The molecular formula is C35H44N6O3. The summed E-state index contributed by atoms with van der Waals surface area (Å²) in [6, 6.07) is 20.3. The second-order valence-electron chi connectivity index (χ2n) is 11.6. The molecular weight excluding hydrogens is 552 g/mol. The van der Waals surface area contributed by atoms with Gasteiger partial charge in [0.25, 0.3) is 0 Å². The summed E-state index contributed by atoms with van der Waals surface area (Å²) >= 11 is 0. The van der Waals surface area contributed by atoms with E-state index in [0.29, 0.717) is 29.5 Å². The number of benzene rings is 2. The molecule has 2 aliphatic rings. The van der Waals surface area contributed by atoms with Gasteiger partial charge in [-0.25, -0.2) is 9.59 Å². The number of carbonyl (C=O) groups is 1. The number of fused-ring (bicyclic) bond motifs is 1. The molecule has 1 N–H and O–H groups in total. The number of hydrogen-bond acceptors (Lipinski definition) is 8. The Labute approximate surface area is 260 Å². The van der Waals surface area contributed by atoms with E-state index in [2.05, 4.69) is 44.3 Å². The predicted octanol–water partition coefficient (Wildman–Crippen LogP) is 4.42. The van der Waals surface area contributed by atoms with E-state index in [1.165, 1.54) is 5.56 Å². The topological polar surface area (TPSA) is 82.9 Å². The number of aromatic nitrogens is 2. The second-order valence-corrected chi connectivity index (χ2v) is 11.6. The van der Waals surface area contributed by atoms with Gasteiger partial charge >= 0.3 is 11.7 Å². The predicted molar refractivity (Wildman–Crippen MR) is 177 cm³/mol. The van der Waals surface area contributed by atoms with Crippen LogP contribution in [0.1, 0.15) is 42.9 Å². The van der Waals surface area contributed by atoms with Gasteiger partial charge in [0, 0.05) is 50.5 Å². The van der Waals surface area contributed by atoms with Crippen molar-refractivity contribution in [2.24, 2.45) is 0 Å². The summed E-state index contributed by atoms with van der Waals surface area (Å²) in [6.45, 7) is 9.32. The zero-order chi connectivity index (χ0) is 31.1. The Balaban J connectivity index is 1.51. The third-order valence-corrected chi connectivity index (χ3v) is 8.25. The minimum atomic E-state index is -0.429. The second kappa shape index (κ2) is 14.5. The van der Waals surface area contributed by atoms with Crippen molar-refractivity contribution in [2.75, 3.05) is 70.2 Å². The van der Waals surface area contributed by atoms with Gasteiger partial charge in [0.2, 0.25) is 0 Å². The SMILES string of the molecule is CCOC(=O)C1=C(C)Nc2c(c(N3CCN(C/C=C/c4ccccc4)CC3)nc(=O)n2CCCN(C)C)C1c1ccccc1. The summed E-state index contributed by atoms with van der Waals surface area (Å²) in [4.78, 5) is 38.7. The molecule has 0 saturated carbocycles. The van der Waals surface area contributed by atoms with Gasteiger partial charge in [-0.1, -0.05) is 72.8 Å². The molecule has 3 aromatic rings. The van der Waals surface area contributed by atoms with Crippen molar-refractivity contribution in [3.05, 3.63) is 105 Å². The number of anilines is 2. The Kier molecular flexibility index (Phi) is 10.3. The summed E-state index contributed by atoms with van der Waals surface area (Å²) in [7, 11) is 4.05. The van der Waals surface area contributed by atoms with Crippen LogP contribution in [0.4, 0.5) is 11.6 Å². The van der Waals surface area contributed by atoms with Gasteiger partial charge in [0.15, 0.2) is 0 Å². The minimum Gasteiger partial charge on any atom is -0.463 e. The molecule has 232 valence electrons. The monoisotopic (exact) mass is 596 g/mol. The van der Waals surface area contributed by atoms with Crippen LogP contribution in [-0.2, 0) is 16.1 Å². The maximum atomic E-state index is 13.7. The number of allylic oxidation sites excluding steroid dienone is 1. The van der Waals surface area contributed by atoms with Crippen LogP contribution in [0.5, 0.6) is 0 Å². The fourth-order valence-corrected chi connectivity index (χ4v) is 6.06. The molecule has 3 heterocycles. The molecule has 2 aliphatic heterocycles. The van der Waals surface area contributed by atoms with E-state index in [4.69, 9.17) is 9.72 Å². The van der Waals surface area contributed by atoms with Gasteiger partial charge in [0.1, 0.15) is 11.6 Å². The van der Waals surface area contributed by atoms with E-state index in [1.807, 2.05) is 76.5 Å². The maximum Gasteiger partial charge on any atom is 0.351 e. The molecule has 9 heteroatoms. The van der Waals surface area contributed by atoms with Crippen LogP contribution in [-0.4, -0.2) is 85.3 Å². The number of hydrogen-bond donors (Lipinski definition) is 1. The van der Waals surface area contributed by atoms with Crippen molar-refractivity contribution in [1.29, 1.82) is 0 Å². The maximum absolute atomic E-state index is 13.7. The molecule has 1 unspecified atom stereocenters. The lowest BCUT2D eigenvalue weighted by atomic mass is 9.81. The summed E-state index contributed by atoms with van der Waals surface area (Å²) < 4.78 is 7.32. The number of nitrogens with one attached hydrogen (secondary N) is 1. The number of carbonyl (C=O) groups excluding carboxylic acids is 1. The first-order valence-corrected chi connectivity index (χ1v) is 15.6. The molecule has 5 rings (SSSR count). The van der Waals surface area contributed by atoms with Crippen LogP contribution >= 0.6 is 0 Å². The van der Waals surface area contributed by atoms with E-state index in [1.54, 1.807) is 4.57 Å². The van der Waals surface area contributed by atoms with E-state index in [9.17, 15) is 9.59 Å². The molecule has 0 spiro atoms. The fraction of sp³-hybridized carbons (Fsp3) is 0.400. The third kappa shape index (κ3) is 7.11. The molecule has 1 saturated heterocycles. The van der Waals surface area contributed by atoms with Crippen molar-refractivity contribution in [2.45, 2.75) is 32.7 Å². The van der Waals surface area contributed by atoms with Crippen LogP contribution in [0.15, 0.2) is 82.8 Å². The Morgan fingerprint density at radius 3 is 2.39 bits per heavy atom. The lowest BCUT2D eigenvalue weighted by molar-refractivity contribution is -0.138. The van der Waals surface area contributed by atoms with Crippen LogP contribution in [0.2, 0.25) is 0 Å². The summed E-state index contributed by atoms with van der Waals surface area (Å²) in [5.74, 6) is 0.570. The first-order chi connectivity index (χ1) is 21.4. The van der Waals surface area contributed by atoms with Gasteiger partial charge in [-0.3, -0.25) is 9.47 Å². The molecule has 1 aromatic heterocycles. The lowest BCUT2D eigenvalue weighted by Crippen LogP contribution is -2.48. The standard InChI is InChI=1S/C35H44N6O3/c1-5-44-34(42)29-26(2)36-33-31(30(29)28-17-10-7-11-18-28)32(37-35(43)41(33)21-13-19-38(3)4)40-24-22-39(23-25-40)20-12-16-27-14-8-6-9-15-27/h6-12,14-18,30,36H,5,13,19-25H2,1-4H3/b16-12+. The van der Waals surface area contributed by atoms with Crippen LogP contribution < -0.4 is 15.9 Å². The van der Waals surface area contributed by atoms with E-state index in [0.717, 1.165) is 56.8 Å².